The van der Waals surface area contributed by atoms with Crippen LogP contribution in [0.1, 0.15) is 11.1 Å². The molecule has 0 saturated heterocycles. The van der Waals surface area contributed by atoms with Crippen LogP contribution in [0.15, 0.2) is 36.4 Å². The van der Waals surface area contributed by atoms with E-state index in [2.05, 4.69) is 10.2 Å². The van der Waals surface area contributed by atoms with Gasteiger partial charge >= 0.3 is 0 Å². The summed E-state index contributed by atoms with van der Waals surface area (Å²) in [4.78, 5) is 1.67. The van der Waals surface area contributed by atoms with Crippen LogP contribution in [0.2, 0.25) is 0 Å². The second-order valence-electron chi connectivity index (χ2n) is 4.40. The number of rotatable bonds is 1. The number of anilines is 1. The minimum atomic E-state index is 0.799. The van der Waals surface area contributed by atoms with Crippen LogP contribution in [-0.2, 0) is 0 Å². The van der Waals surface area contributed by atoms with Gasteiger partial charge in [-0.3, -0.25) is 0 Å². The molecule has 0 bridgehead atoms. The van der Waals surface area contributed by atoms with Crippen molar-refractivity contribution in [1.29, 1.82) is 0 Å². The second-order valence-corrected chi connectivity index (χ2v) is 4.40. The van der Waals surface area contributed by atoms with Crippen molar-refractivity contribution in [3.05, 3.63) is 47.5 Å². The molecule has 0 amide bonds. The minimum absolute atomic E-state index is 0.799. The maximum Gasteiger partial charge on any atom is 0.113 e. The van der Waals surface area contributed by atoms with Crippen LogP contribution in [0.3, 0.4) is 0 Å². The number of hydrogen-bond acceptors (Lipinski definition) is 3. The van der Waals surface area contributed by atoms with E-state index in [4.69, 9.17) is 5.73 Å². The van der Waals surface area contributed by atoms with E-state index in [0.29, 0.717) is 0 Å². The Hall–Kier alpha value is -2.36. The number of nitrogens with two attached hydrogens (primary N) is 1. The van der Waals surface area contributed by atoms with E-state index in [-0.39, 0.29) is 0 Å². The number of nitrogens with zero attached hydrogens (tertiary/aromatic N) is 3. The third-order valence-corrected chi connectivity index (χ3v) is 3.30. The average Bonchev–Trinajstić information content (AvgIpc) is 2.79. The maximum atomic E-state index is 5.89. The van der Waals surface area contributed by atoms with Gasteiger partial charge in [0.15, 0.2) is 0 Å². The molecule has 1 aromatic heterocycles. The lowest BCUT2D eigenvalue weighted by Crippen LogP contribution is -2.04. The van der Waals surface area contributed by atoms with Gasteiger partial charge in [-0.15, -0.1) is 10.2 Å². The van der Waals surface area contributed by atoms with Gasteiger partial charge in [-0.1, -0.05) is 12.1 Å². The van der Waals surface area contributed by atoms with Crippen LogP contribution < -0.4 is 5.73 Å². The molecule has 0 aliphatic rings. The fraction of sp³-hybridized carbons (Fsp3) is 0.143. The lowest BCUT2D eigenvalue weighted by molar-refractivity contribution is 0.759. The third-order valence-electron chi connectivity index (χ3n) is 3.30. The fourth-order valence-corrected chi connectivity index (χ4v) is 2.01. The zero-order valence-electron chi connectivity index (χ0n) is 10.4. The number of nitrogen functional groups attached to an aromatic ring is 1. The van der Waals surface area contributed by atoms with Crippen molar-refractivity contribution in [2.45, 2.75) is 13.8 Å². The summed E-state index contributed by atoms with van der Waals surface area (Å²) in [7, 11) is 0. The number of benzene rings is 2. The summed E-state index contributed by atoms with van der Waals surface area (Å²) in [6.45, 7) is 4.05. The quantitative estimate of drug-likeness (QED) is 0.663. The van der Waals surface area contributed by atoms with E-state index in [0.717, 1.165) is 33.5 Å². The van der Waals surface area contributed by atoms with Crippen LogP contribution in [0, 0.1) is 13.8 Å². The first-order chi connectivity index (χ1) is 8.66. The maximum absolute atomic E-state index is 5.89. The monoisotopic (exact) mass is 238 g/mol. The van der Waals surface area contributed by atoms with Gasteiger partial charge in [0.1, 0.15) is 11.0 Å². The molecule has 0 spiro atoms. The zero-order chi connectivity index (χ0) is 12.7. The molecule has 0 unspecified atom stereocenters. The highest BCUT2D eigenvalue weighted by Crippen LogP contribution is 2.22. The molecule has 3 aromatic rings. The van der Waals surface area contributed by atoms with Crippen molar-refractivity contribution in [3.63, 3.8) is 0 Å². The summed E-state index contributed by atoms with van der Waals surface area (Å²) in [5.74, 6) is 0. The fourth-order valence-electron chi connectivity index (χ4n) is 2.01. The first kappa shape index (κ1) is 10.8. The van der Waals surface area contributed by atoms with E-state index < -0.39 is 0 Å². The number of aromatic nitrogens is 3. The van der Waals surface area contributed by atoms with Gasteiger partial charge in [0.2, 0.25) is 0 Å². The zero-order valence-corrected chi connectivity index (χ0v) is 10.4. The average molecular weight is 238 g/mol. The van der Waals surface area contributed by atoms with Crippen molar-refractivity contribution in [2.24, 2.45) is 0 Å². The summed E-state index contributed by atoms with van der Waals surface area (Å²) in [6, 6.07) is 11.7. The molecule has 0 saturated carbocycles. The molecule has 1 heterocycles. The Kier molecular flexibility index (Phi) is 2.30. The Morgan fingerprint density at radius 1 is 0.889 bits per heavy atom. The molecule has 2 N–H and O–H groups in total. The predicted octanol–water partition coefficient (Wildman–Crippen LogP) is 2.62. The van der Waals surface area contributed by atoms with Gasteiger partial charge in [-0.2, -0.15) is 4.80 Å². The molecule has 3 rings (SSSR count). The summed E-state index contributed by atoms with van der Waals surface area (Å²) >= 11 is 0. The van der Waals surface area contributed by atoms with E-state index in [1.807, 2.05) is 50.2 Å². The molecule has 0 aliphatic heterocycles. The number of hydrogen-bond donors (Lipinski definition) is 1. The van der Waals surface area contributed by atoms with E-state index in [9.17, 15) is 0 Å². The standard InChI is InChI=1S/C14H14N4/c1-9-10(2)14(8-7-11(9)15)18-16-12-5-3-4-6-13(12)17-18/h3-8H,15H2,1-2H3. The molecular weight excluding hydrogens is 224 g/mol. The van der Waals surface area contributed by atoms with Crippen LogP contribution >= 0.6 is 0 Å². The van der Waals surface area contributed by atoms with Gasteiger partial charge in [0.05, 0.1) is 5.69 Å². The van der Waals surface area contributed by atoms with Crippen molar-refractivity contribution < 1.29 is 0 Å². The molecule has 0 radical (unpaired) electrons. The summed E-state index contributed by atoms with van der Waals surface area (Å²) < 4.78 is 0. The van der Waals surface area contributed by atoms with E-state index >= 15 is 0 Å². The molecular formula is C14H14N4. The smallest absolute Gasteiger partial charge is 0.113 e. The lowest BCUT2D eigenvalue weighted by atomic mass is 10.1. The normalized spacial score (nSPS) is 11.0. The third kappa shape index (κ3) is 1.54. The highest BCUT2D eigenvalue weighted by molar-refractivity contribution is 5.73. The van der Waals surface area contributed by atoms with Gasteiger partial charge in [-0.05, 0) is 49.2 Å². The van der Waals surface area contributed by atoms with Crippen molar-refractivity contribution in [2.75, 3.05) is 5.73 Å². The molecule has 2 aromatic carbocycles. The van der Waals surface area contributed by atoms with Crippen LogP contribution in [-0.4, -0.2) is 15.0 Å². The Morgan fingerprint density at radius 2 is 1.50 bits per heavy atom. The predicted molar refractivity (Wildman–Crippen MR) is 72.8 cm³/mol. The van der Waals surface area contributed by atoms with Gasteiger partial charge in [-0.25, -0.2) is 0 Å². The van der Waals surface area contributed by atoms with Gasteiger partial charge in [0.25, 0.3) is 0 Å². The molecule has 0 aliphatic carbocycles. The minimum Gasteiger partial charge on any atom is -0.399 e. The molecule has 4 nitrogen and oxygen atoms in total. The molecule has 4 heteroatoms. The molecule has 0 atom stereocenters. The highest BCUT2D eigenvalue weighted by atomic mass is 15.5. The SMILES string of the molecule is Cc1c(N)ccc(-n2nc3ccccc3n2)c1C. The van der Waals surface area contributed by atoms with Gasteiger partial charge in [0, 0.05) is 5.69 Å². The molecule has 0 fully saturated rings. The van der Waals surface area contributed by atoms with Crippen molar-refractivity contribution >= 4 is 16.7 Å². The van der Waals surface area contributed by atoms with Crippen molar-refractivity contribution in [3.8, 4) is 5.69 Å². The molecule has 90 valence electrons. The number of fused-ring (bicyclic) bond motifs is 1. The van der Waals surface area contributed by atoms with E-state index in [1.165, 1.54) is 0 Å². The first-order valence-electron chi connectivity index (χ1n) is 5.85. The van der Waals surface area contributed by atoms with Crippen LogP contribution in [0.25, 0.3) is 16.7 Å². The largest absolute Gasteiger partial charge is 0.399 e. The topological polar surface area (TPSA) is 56.7 Å². The summed E-state index contributed by atoms with van der Waals surface area (Å²) in [5.41, 5.74) is 11.6. The highest BCUT2D eigenvalue weighted by Gasteiger charge is 2.09. The van der Waals surface area contributed by atoms with Crippen LogP contribution in [0.5, 0.6) is 0 Å². The van der Waals surface area contributed by atoms with Crippen molar-refractivity contribution in [1.82, 2.24) is 15.0 Å². The van der Waals surface area contributed by atoms with E-state index in [1.54, 1.807) is 4.80 Å². The summed E-state index contributed by atoms with van der Waals surface area (Å²) in [5, 5.41) is 8.96. The second kappa shape index (κ2) is 3.84. The van der Waals surface area contributed by atoms with Gasteiger partial charge < -0.3 is 5.73 Å². The first-order valence-corrected chi connectivity index (χ1v) is 5.85. The Labute approximate surface area is 105 Å². The Balaban J connectivity index is 2.23. The summed E-state index contributed by atoms with van der Waals surface area (Å²) in [6.07, 6.45) is 0. The van der Waals surface area contributed by atoms with Crippen LogP contribution in [0.4, 0.5) is 5.69 Å². The lowest BCUT2D eigenvalue weighted by Gasteiger charge is -2.09. The molecule has 18 heavy (non-hydrogen) atoms. The Morgan fingerprint density at radius 3 is 2.11 bits per heavy atom. The Bertz CT molecular complexity index is 695.